The van der Waals surface area contributed by atoms with Crippen molar-refractivity contribution >= 4 is 10.0 Å². The number of nitrogens with zero attached hydrogens (tertiary/aromatic N) is 2. The van der Waals surface area contributed by atoms with E-state index >= 15 is 0 Å². The number of nitrogens with one attached hydrogen (secondary N) is 1. The lowest BCUT2D eigenvalue weighted by molar-refractivity contribution is 0.129. The zero-order chi connectivity index (χ0) is 14.6. The first-order valence-electron chi connectivity index (χ1n) is 6.49. The maximum absolute atomic E-state index is 12.0. The van der Waals surface area contributed by atoms with Gasteiger partial charge in [0.2, 0.25) is 0 Å². The summed E-state index contributed by atoms with van der Waals surface area (Å²) >= 11 is 0. The van der Waals surface area contributed by atoms with Crippen molar-refractivity contribution in [2.24, 2.45) is 5.92 Å². The van der Waals surface area contributed by atoms with Crippen molar-refractivity contribution in [2.45, 2.75) is 51.8 Å². The molecule has 0 saturated heterocycles. The molecular formula is C12H23N3O3S. The average molecular weight is 289 g/mol. The van der Waals surface area contributed by atoms with Crippen LogP contribution in [0.2, 0.25) is 0 Å². The minimum Gasteiger partial charge on any atom is -0.391 e. The molecule has 0 aliphatic heterocycles. The maximum atomic E-state index is 12.0. The monoisotopic (exact) mass is 289 g/mol. The van der Waals surface area contributed by atoms with Crippen LogP contribution in [0.3, 0.4) is 0 Å². The maximum Gasteiger partial charge on any atom is 0.259 e. The zero-order valence-corrected chi connectivity index (χ0v) is 12.7. The van der Waals surface area contributed by atoms with E-state index in [9.17, 15) is 13.5 Å². The molecule has 0 spiro atoms. The first kappa shape index (κ1) is 16.1. The van der Waals surface area contributed by atoms with Gasteiger partial charge in [0.25, 0.3) is 10.0 Å². The third-order valence-corrected chi connectivity index (χ3v) is 4.24. The number of hydrogen-bond donors (Lipinski definition) is 2. The van der Waals surface area contributed by atoms with Gasteiger partial charge in [-0.3, -0.25) is 0 Å². The van der Waals surface area contributed by atoms with Crippen LogP contribution >= 0.6 is 0 Å². The molecule has 1 unspecified atom stereocenters. The normalized spacial score (nSPS) is 14.0. The molecule has 1 atom stereocenters. The molecule has 0 aliphatic carbocycles. The molecule has 0 aromatic carbocycles. The van der Waals surface area contributed by atoms with Crippen LogP contribution in [0.4, 0.5) is 0 Å². The number of aryl methyl sites for hydroxylation is 2. The van der Waals surface area contributed by atoms with Gasteiger partial charge in [0, 0.05) is 19.3 Å². The fraction of sp³-hybridized carbons (Fsp3) is 0.750. The number of aliphatic hydroxyl groups is 1. The highest BCUT2D eigenvalue weighted by Gasteiger charge is 2.20. The van der Waals surface area contributed by atoms with Gasteiger partial charge in [-0.2, -0.15) is 0 Å². The van der Waals surface area contributed by atoms with Crippen LogP contribution in [0.15, 0.2) is 11.2 Å². The predicted octanol–water partition coefficient (Wildman–Crippen LogP) is 0.897. The second kappa shape index (κ2) is 6.49. The number of imidazole rings is 1. The molecule has 0 saturated carbocycles. The highest BCUT2D eigenvalue weighted by atomic mass is 32.2. The Bertz CT molecular complexity index is 508. The zero-order valence-electron chi connectivity index (χ0n) is 11.9. The number of aliphatic hydroxyl groups excluding tert-OH is 1. The standard InChI is InChI=1S/C12H23N3O3S/c1-5-6-15-8-12(14-10(15)4)19(17,18)13-7-11(16)9(2)3/h8-9,11,13,16H,5-7H2,1-4H3. The smallest absolute Gasteiger partial charge is 0.259 e. The van der Waals surface area contributed by atoms with Crippen molar-refractivity contribution in [3.8, 4) is 0 Å². The van der Waals surface area contributed by atoms with Crippen LogP contribution in [0.1, 0.15) is 33.0 Å². The molecule has 0 bridgehead atoms. The number of rotatable bonds is 7. The summed E-state index contributed by atoms with van der Waals surface area (Å²) in [5.41, 5.74) is 0. The van der Waals surface area contributed by atoms with Gasteiger partial charge in [0.05, 0.1) is 6.10 Å². The molecule has 0 aliphatic rings. The van der Waals surface area contributed by atoms with E-state index in [0.717, 1.165) is 13.0 Å². The largest absolute Gasteiger partial charge is 0.391 e. The van der Waals surface area contributed by atoms with Crippen LogP contribution in [-0.2, 0) is 16.6 Å². The topological polar surface area (TPSA) is 84.2 Å². The van der Waals surface area contributed by atoms with Gasteiger partial charge in [0.15, 0.2) is 5.03 Å². The summed E-state index contributed by atoms with van der Waals surface area (Å²) in [5, 5.41) is 9.64. The average Bonchev–Trinajstić information content (AvgIpc) is 2.69. The van der Waals surface area contributed by atoms with Crippen LogP contribution in [0.25, 0.3) is 0 Å². The summed E-state index contributed by atoms with van der Waals surface area (Å²) in [6.45, 7) is 8.20. The quantitative estimate of drug-likeness (QED) is 0.781. The molecule has 1 heterocycles. The Kier molecular flexibility index (Phi) is 5.51. The fourth-order valence-corrected chi connectivity index (χ4v) is 2.64. The number of aromatic nitrogens is 2. The molecule has 0 radical (unpaired) electrons. The number of hydrogen-bond acceptors (Lipinski definition) is 4. The van der Waals surface area contributed by atoms with Gasteiger partial charge >= 0.3 is 0 Å². The van der Waals surface area contributed by atoms with E-state index in [-0.39, 0.29) is 17.5 Å². The Morgan fingerprint density at radius 3 is 2.63 bits per heavy atom. The molecule has 19 heavy (non-hydrogen) atoms. The Hall–Kier alpha value is -0.920. The van der Waals surface area contributed by atoms with Crippen molar-refractivity contribution in [2.75, 3.05) is 6.54 Å². The predicted molar refractivity (Wildman–Crippen MR) is 73.3 cm³/mol. The van der Waals surface area contributed by atoms with Crippen LogP contribution in [0.5, 0.6) is 0 Å². The molecule has 1 aromatic rings. The molecule has 1 rings (SSSR count). The van der Waals surface area contributed by atoms with Crippen LogP contribution in [-0.4, -0.2) is 35.7 Å². The summed E-state index contributed by atoms with van der Waals surface area (Å²) in [4.78, 5) is 4.05. The lowest BCUT2D eigenvalue weighted by Crippen LogP contribution is -2.34. The van der Waals surface area contributed by atoms with Crippen molar-refractivity contribution in [3.63, 3.8) is 0 Å². The van der Waals surface area contributed by atoms with E-state index in [0.29, 0.717) is 5.82 Å². The van der Waals surface area contributed by atoms with E-state index in [1.54, 1.807) is 6.92 Å². The number of sulfonamides is 1. The first-order valence-corrected chi connectivity index (χ1v) is 7.97. The van der Waals surface area contributed by atoms with Gasteiger partial charge < -0.3 is 9.67 Å². The lowest BCUT2D eigenvalue weighted by atomic mass is 10.1. The van der Waals surface area contributed by atoms with Gasteiger partial charge in [-0.25, -0.2) is 18.1 Å². The van der Waals surface area contributed by atoms with Crippen molar-refractivity contribution in [1.29, 1.82) is 0 Å². The van der Waals surface area contributed by atoms with Gasteiger partial charge in [-0.15, -0.1) is 0 Å². The molecule has 110 valence electrons. The third kappa shape index (κ3) is 4.29. The van der Waals surface area contributed by atoms with E-state index in [1.807, 2.05) is 25.3 Å². The molecule has 1 aromatic heterocycles. The Morgan fingerprint density at radius 2 is 2.11 bits per heavy atom. The molecular weight excluding hydrogens is 266 g/mol. The summed E-state index contributed by atoms with van der Waals surface area (Å²) in [6, 6.07) is 0. The fourth-order valence-electron chi connectivity index (χ4n) is 1.58. The first-order chi connectivity index (χ1) is 8.77. The van der Waals surface area contributed by atoms with E-state index in [2.05, 4.69) is 9.71 Å². The van der Waals surface area contributed by atoms with E-state index in [4.69, 9.17) is 0 Å². The summed E-state index contributed by atoms with van der Waals surface area (Å²) < 4.78 is 28.3. The molecule has 0 fully saturated rings. The van der Waals surface area contributed by atoms with Crippen molar-refractivity contribution < 1.29 is 13.5 Å². The van der Waals surface area contributed by atoms with Gasteiger partial charge in [-0.05, 0) is 19.3 Å². The molecule has 2 N–H and O–H groups in total. The third-order valence-electron chi connectivity index (χ3n) is 2.95. The minimum absolute atomic E-state index is 0.000312. The van der Waals surface area contributed by atoms with E-state index < -0.39 is 16.1 Å². The summed E-state index contributed by atoms with van der Waals surface area (Å²) in [6.07, 6.45) is 1.74. The second-order valence-corrected chi connectivity index (χ2v) is 6.70. The second-order valence-electron chi connectivity index (χ2n) is 4.98. The SMILES string of the molecule is CCCn1cc(S(=O)(=O)NCC(O)C(C)C)nc1C. The molecule has 7 heteroatoms. The highest BCUT2D eigenvalue weighted by Crippen LogP contribution is 2.10. The van der Waals surface area contributed by atoms with Crippen LogP contribution < -0.4 is 4.72 Å². The Balaban J connectivity index is 2.80. The van der Waals surface area contributed by atoms with Crippen LogP contribution in [0, 0.1) is 12.8 Å². The minimum atomic E-state index is -3.65. The Morgan fingerprint density at radius 1 is 1.47 bits per heavy atom. The highest BCUT2D eigenvalue weighted by molar-refractivity contribution is 7.89. The summed E-state index contributed by atoms with van der Waals surface area (Å²) in [7, 11) is -3.65. The van der Waals surface area contributed by atoms with Crippen molar-refractivity contribution in [1.82, 2.24) is 14.3 Å². The summed E-state index contributed by atoms with van der Waals surface area (Å²) in [5.74, 6) is 0.675. The molecule has 0 amide bonds. The Labute approximate surface area is 114 Å². The van der Waals surface area contributed by atoms with Gasteiger partial charge in [0.1, 0.15) is 5.82 Å². The van der Waals surface area contributed by atoms with E-state index in [1.165, 1.54) is 6.20 Å². The lowest BCUT2D eigenvalue weighted by Gasteiger charge is -2.14. The van der Waals surface area contributed by atoms with Crippen molar-refractivity contribution in [3.05, 3.63) is 12.0 Å². The molecule has 6 nitrogen and oxygen atoms in total. The van der Waals surface area contributed by atoms with Gasteiger partial charge in [-0.1, -0.05) is 20.8 Å².